The SMILES string of the molecule is COc1ccc(CCNC(=O)C(C)Nc2ccc(OC)cc2)cc1. The molecule has 2 aromatic carbocycles. The molecule has 24 heavy (non-hydrogen) atoms. The minimum Gasteiger partial charge on any atom is -0.497 e. The summed E-state index contributed by atoms with van der Waals surface area (Å²) in [7, 11) is 3.27. The van der Waals surface area contributed by atoms with E-state index in [2.05, 4.69) is 10.6 Å². The van der Waals surface area contributed by atoms with Gasteiger partial charge >= 0.3 is 0 Å². The number of nitrogens with one attached hydrogen (secondary N) is 2. The molecule has 0 radical (unpaired) electrons. The molecular weight excluding hydrogens is 304 g/mol. The first-order chi connectivity index (χ1) is 11.6. The Morgan fingerprint density at radius 2 is 1.50 bits per heavy atom. The minimum absolute atomic E-state index is 0.0284. The number of hydrogen-bond acceptors (Lipinski definition) is 4. The summed E-state index contributed by atoms with van der Waals surface area (Å²) in [5.41, 5.74) is 2.04. The van der Waals surface area contributed by atoms with Crippen molar-refractivity contribution < 1.29 is 14.3 Å². The Labute approximate surface area is 143 Å². The van der Waals surface area contributed by atoms with Crippen molar-refractivity contribution in [1.82, 2.24) is 5.32 Å². The van der Waals surface area contributed by atoms with Crippen molar-refractivity contribution in [1.29, 1.82) is 0 Å². The molecule has 0 bridgehead atoms. The van der Waals surface area contributed by atoms with Gasteiger partial charge in [-0.2, -0.15) is 0 Å². The predicted octanol–water partition coefficient (Wildman–Crippen LogP) is 2.86. The second-order valence-electron chi connectivity index (χ2n) is 5.48. The second-order valence-corrected chi connectivity index (χ2v) is 5.48. The fourth-order valence-electron chi connectivity index (χ4n) is 2.28. The van der Waals surface area contributed by atoms with Crippen molar-refractivity contribution in [2.24, 2.45) is 0 Å². The third kappa shape index (κ3) is 5.19. The molecule has 5 nitrogen and oxygen atoms in total. The van der Waals surface area contributed by atoms with Crippen LogP contribution < -0.4 is 20.1 Å². The molecule has 5 heteroatoms. The van der Waals surface area contributed by atoms with Crippen LogP contribution in [0.25, 0.3) is 0 Å². The second kappa shape index (κ2) is 8.82. The van der Waals surface area contributed by atoms with E-state index in [4.69, 9.17) is 9.47 Å². The molecule has 0 aromatic heterocycles. The van der Waals surface area contributed by atoms with Gasteiger partial charge in [-0.15, -0.1) is 0 Å². The summed E-state index contributed by atoms with van der Waals surface area (Å²) in [5.74, 6) is 1.59. The van der Waals surface area contributed by atoms with Gasteiger partial charge in [-0.1, -0.05) is 12.1 Å². The number of carbonyl (C=O) groups is 1. The van der Waals surface area contributed by atoms with Gasteiger partial charge in [0.1, 0.15) is 17.5 Å². The van der Waals surface area contributed by atoms with Crippen LogP contribution in [0.15, 0.2) is 48.5 Å². The zero-order valence-corrected chi connectivity index (χ0v) is 14.3. The number of benzene rings is 2. The van der Waals surface area contributed by atoms with Crippen LogP contribution in [0.4, 0.5) is 5.69 Å². The Kier molecular flexibility index (Phi) is 6.49. The van der Waals surface area contributed by atoms with Gasteiger partial charge in [0, 0.05) is 12.2 Å². The van der Waals surface area contributed by atoms with E-state index in [1.165, 1.54) is 0 Å². The van der Waals surface area contributed by atoms with Gasteiger partial charge in [-0.25, -0.2) is 0 Å². The molecule has 0 aliphatic heterocycles. The van der Waals surface area contributed by atoms with Crippen LogP contribution in [0.5, 0.6) is 11.5 Å². The highest BCUT2D eigenvalue weighted by molar-refractivity contribution is 5.84. The Hall–Kier alpha value is -2.69. The van der Waals surface area contributed by atoms with Gasteiger partial charge < -0.3 is 20.1 Å². The number of carbonyl (C=O) groups excluding carboxylic acids is 1. The summed E-state index contributed by atoms with van der Waals surface area (Å²) in [6, 6.07) is 15.0. The summed E-state index contributed by atoms with van der Waals surface area (Å²) in [6.45, 7) is 2.44. The zero-order valence-electron chi connectivity index (χ0n) is 14.3. The number of methoxy groups -OCH3 is 2. The Bertz CT molecular complexity index is 639. The average molecular weight is 328 g/mol. The molecule has 1 atom stereocenters. The zero-order chi connectivity index (χ0) is 17.4. The number of ether oxygens (including phenoxy) is 2. The van der Waals surface area contributed by atoms with Gasteiger partial charge in [0.2, 0.25) is 5.91 Å². The van der Waals surface area contributed by atoms with Crippen molar-refractivity contribution in [3.05, 3.63) is 54.1 Å². The molecule has 2 rings (SSSR count). The topological polar surface area (TPSA) is 59.6 Å². The smallest absolute Gasteiger partial charge is 0.242 e. The van der Waals surface area contributed by atoms with Crippen molar-refractivity contribution in [2.45, 2.75) is 19.4 Å². The van der Waals surface area contributed by atoms with Crippen LogP contribution in [0.3, 0.4) is 0 Å². The van der Waals surface area contributed by atoms with Gasteiger partial charge in [-0.05, 0) is 55.3 Å². The first kappa shape index (κ1) is 17.7. The highest BCUT2D eigenvalue weighted by Crippen LogP contribution is 2.15. The number of hydrogen-bond donors (Lipinski definition) is 2. The van der Waals surface area contributed by atoms with Crippen LogP contribution >= 0.6 is 0 Å². The maximum absolute atomic E-state index is 12.1. The lowest BCUT2D eigenvalue weighted by atomic mass is 10.1. The molecule has 1 unspecified atom stereocenters. The van der Waals surface area contributed by atoms with E-state index in [1.807, 2.05) is 55.5 Å². The van der Waals surface area contributed by atoms with Crippen molar-refractivity contribution in [3.8, 4) is 11.5 Å². The molecule has 0 spiro atoms. The molecule has 0 aliphatic rings. The summed E-state index contributed by atoms with van der Waals surface area (Å²) < 4.78 is 10.2. The average Bonchev–Trinajstić information content (AvgIpc) is 2.62. The van der Waals surface area contributed by atoms with E-state index in [0.29, 0.717) is 6.54 Å². The van der Waals surface area contributed by atoms with Crippen molar-refractivity contribution in [3.63, 3.8) is 0 Å². The maximum atomic E-state index is 12.1. The minimum atomic E-state index is -0.311. The lowest BCUT2D eigenvalue weighted by molar-refractivity contribution is -0.121. The molecule has 1 amide bonds. The van der Waals surface area contributed by atoms with E-state index >= 15 is 0 Å². The summed E-state index contributed by atoms with van der Waals surface area (Å²) in [6.07, 6.45) is 0.783. The first-order valence-corrected chi connectivity index (χ1v) is 7.93. The summed E-state index contributed by atoms with van der Waals surface area (Å²) >= 11 is 0. The van der Waals surface area contributed by atoms with Gasteiger partial charge in [0.15, 0.2) is 0 Å². The molecule has 0 saturated carbocycles. The van der Waals surface area contributed by atoms with E-state index in [-0.39, 0.29) is 11.9 Å². The molecule has 0 saturated heterocycles. The number of amides is 1. The fraction of sp³-hybridized carbons (Fsp3) is 0.316. The predicted molar refractivity (Wildman–Crippen MR) is 95.8 cm³/mol. The fourth-order valence-corrected chi connectivity index (χ4v) is 2.28. The van der Waals surface area contributed by atoms with Crippen LogP contribution in [-0.2, 0) is 11.2 Å². The van der Waals surface area contributed by atoms with E-state index in [1.54, 1.807) is 14.2 Å². The van der Waals surface area contributed by atoms with Crippen molar-refractivity contribution in [2.75, 3.05) is 26.1 Å². The molecule has 2 aromatic rings. The quantitative estimate of drug-likeness (QED) is 0.782. The normalized spacial score (nSPS) is 11.5. The summed E-state index contributed by atoms with van der Waals surface area (Å²) in [5, 5.41) is 6.12. The Balaban J connectivity index is 1.76. The standard InChI is InChI=1S/C19H24N2O3/c1-14(21-16-6-10-18(24-3)11-7-16)19(22)20-13-12-15-4-8-17(23-2)9-5-15/h4-11,14,21H,12-13H2,1-3H3,(H,20,22). The lowest BCUT2D eigenvalue weighted by Gasteiger charge is -2.15. The van der Waals surface area contributed by atoms with Crippen LogP contribution in [0, 0.1) is 0 Å². The van der Waals surface area contributed by atoms with E-state index in [0.717, 1.165) is 29.2 Å². The molecular formula is C19H24N2O3. The number of rotatable bonds is 8. The molecule has 0 fully saturated rings. The molecule has 128 valence electrons. The van der Waals surface area contributed by atoms with Gasteiger partial charge in [0.25, 0.3) is 0 Å². The van der Waals surface area contributed by atoms with Crippen LogP contribution in [-0.4, -0.2) is 32.7 Å². The highest BCUT2D eigenvalue weighted by Gasteiger charge is 2.11. The maximum Gasteiger partial charge on any atom is 0.242 e. The van der Waals surface area contributed by atoms with E-state index < -0.39 is 0 Å². The number of anilines is 1. The lowest BCUT2D eigenvalue weighted by Crippen LogP contribution is -2.38. The monoisotopic (exact) mass is 328 g/mol. The first-order valence-electron chi connectivity index (χ1n) is 7.93. The van der Waals surface area contributed by atoms with E-state index in [9.17, 15) is 4.79 Å². The Morgan fingerprint density at radius 1 is 0.958 bits per heavy atom. The van der Waals surface area contributed by atoms with Crippen LogP contribution in [0.1, 0.15) is 12.5 Å². The molecule has 2 N–H and O–H groups in total. The largest absolute Gasteiger partial charge is 0.497 e. The third-order valence-electron chi connectivity index (χ3n) is 3.74. The summed E-state index contributed by atoms with van der Waals surface area (Å²) in [4.78, 5) is 12.1. The third-order valence-corrected chi connectivity index (χ3v) is 3.74. The van der Waals surface area contributed by atoms with Gasteiger partial charge in [-0.3, -0.25) is 4.79 Å². The van der Waals surface area contributed by atoms with Crippen LogP contribution in [0.2, 0.25) is 0 Å². The highest BCUT2D eigenvalue weighted by atomic mass is 16.5. The Morgan fingerprint density at radius 3 is 2.04 bits per heavy atom. The molecule has 0 aliphatic carbocycles. The molecule has 0 heterocycles. The van der Waals surface area contributed by atoms with Crippen molar-refractivity contribution >= 4 is 11.6 Å². The van der Waals surface area contributed by atoms with Gasteiger partial charge in [0.05, 0.1) is 14.2 Å².